The van der Waals surface area contributed by atoms with Gasteiger partial charge in [0.25, 0.3) is 0 Å². The van der Waals surface area contributed by atoms with E-state index in [0.717, 1.165) is 6.42 Å². The molecular formula is C15H18. The Morgan fingerprint density at radius 1 is 1.20 bits per heavy atom. The van der Waals surface area contributed by atoms with E-state index in [1.165, 1.54) is 16.7 Å². The fourth-order valence-corrected chi connectivity index (χ4v) is 1.44. The van der Waals surface area contributed by atoms with Crippen LogP contribution in [0.15, 0.2) is 55.1 Å². The van der Waals surface area contributed by atoms with E-state index in [-0.39, 0.29) is 0 Å². The molecule has 0 atom stereocenters. The van der Waals surface area contributed by atoms with Crippen molar-refractivity contribution in [3.63, 3.8) is 0 Å². The molecule has 1 rings (SSSR count). The smallest absolute Gasteiger partial charge is 0.0224 e. The van der Waals surface area contributed by atoms with Gasteiger partial charge >= 0.3 is 0 Å². The Kier molecular flexibility index (Phi) is 4.62. The summed E-state index contributed by atoms with van der Waals surface area (Å²) in [7, 11) is 0. The van der Waals surface area contributed by atoms with Crippen LogP contribution in [0.1, 0.15) is 24.5 Å². The van der Waals surface area contributed by atoms with Gasteiger partial charge in [-0.1, -0.05) is 67.6 Å². The zero-order chi connectivity index (χ0) is 11.1. The third kappa shape index (κ3) is 3.59. The summed E-state index contributed by atoms with van der Waals surface area (Å²) in [6.07, 6.45) is 8.96. The van der Waals surface area contributed by atoms with Crippen LogP contribution in [0.25, 0.3) is 5.57 Å². The van der Waals surface area contributed by atoms with Crippen molar-refractivity contribution in [3.05, 3.63) is 66.3 Å². The minimum Gasteiger partial charge on any atom is -0.0991 e. The van der Waals surface area contributed by atoms with Crippen LogP contribution in [-0.4, -0.2) is 0 Å². The molecule has 0 unspecified atom stereocenters. The molecule has 0 spiro atoms. The first kappa shape index (κ1) is 11.5. The predicted octanol–water partition coefficient (Wildman–Crippen LogP) is 4.53. The van der Waals surface area contributed by atoms with E-state index in [1.807, 2.05) is 12.2 Å². The van der Waals surface area contributed by atoms with Gasteiger partial charge in [0.05, 0.1) is 0 Å². The monoisotopic (exact) mass is 198 g/mol. The lowest BCUT2D eigenvalue weighted by Crippen LogP contribution is -1.82. The second kappa shape index (κ2) is 6.02. The molecule has 0 amide bonds. The molecule has 1 aromatic carbocycles. The van der Waals surface area contributed by atoms with Gasteiger partial charge in [0, 0.05) is 0 Å². The highest BCUT2D eigenvalue weighted by Gasteiger charge is 1.96. The van der Waals surface area contributed by atoms with Gasteiger partial charge in [-0.05, 0) is 24.5 Å². The summed E-state index contributed by atoms with van der Waals surface area (Å²) < 4.78 is 0. The zero-order valence-corrected chi connectivity index (χ0v) is 9.53. The molecule has 0 radical (unpaired) electrons. The van der Waals surface area contributed by atoms with Crippen LogP contribution in [-0.2, 0) is 0 Å². The third-order valence-corrected chi connectivity index (χ3v) is 2.35. The molecule has 0 nitrogen and oxygen atoms in total. The van der Waals surface area contributed by atoms with Gasteiger partial charge in [-0.3, -0.25) is 0 Å². The van der Waals surface area contributed by atoms with Crippen LogP contribution < -0.4 is 0 Å². The first-order valence-electron chi connectivity index (χ1n) is 5.33. The summed E-state index contributed by atoms with van der Waals surface area (Å²) in [4.78, 5) is 0. The van der Waals surface area contributed by atoms with Crippen LogP contribution >= 0.6 is 0 Å². The van der Waals surface area contributed by atoms with E-state index >= 15 is 0 Å². The summed E-state index contributed by atoms with van der Waals surface area (Å²) in [5.41, 5.74) is 3.96. The number of rotatable bonds is 4. The van der Waals surface area contributed by atoms with E-state index in [1.54, 1.807) is 6.08 Å². The lowest BCUT2D eigenvalue weighted by atomic mass is 10.0. The van der Waals surface area contributed by atoms with Gasteiger partial charge in [0.1, 0.15) is 0 Å². The molecule has 0 aliphatic carbocycles. The van der Waals surface area contributed by atoms with Crippen LogP contribution in [0.4, 0.5) is 0 Å². The van der Waals surface area contributed by atoms with Gasteiger partial charge < -0.3 is 0 Å². The van der Waals surface area contributed by atoms with Crippen LogP contribution in [0.2, 0.25) is 0 Å². The van der Waals surface area contributed by atoms with Crippen molar-refractivity contribution >= 4 is 5.57 Å². The van der Waals surface area contributed by atoms with E-state index in [9.17, 15) is 0 Å². The second-order valence-electron chi connectivity index (χ2n) is 3.53. The maximum absolute atomic E-state index is 3.65. The average molecular weight is 198 g/mol. The fraction of sp³-hybridized carbons (Fsp3) is 0.200. The largest absolute Gasteiger partial charge is 0.0991 e. The number of hydrogen-bond acceptors (Lipinski definition) is 0. The van der Waals surface area contributed by atoms with Gasteiger partial charge in [-0.25, -0.2) is 0 Å². The molecule has 78 valence electrons. The Labute approximate surface area is 92.6 Å². The van der Waals surface area contributed by atoms with Crippen molar-refractivity contribution in [2.45, 2.75) is 20.3 Å². The predicted molar refractivity (Wildman–Crippen MR) is 68.8 cm³/mol. The van der Waals surface area contributed by atoms with Gasteiger partial charge in [-0.15, -0.1) is 0 Å². The van der Waals surface area contributed by atoms with Crippen molar-refractivity contribution in [2.75, 3.05) is 0 Å². The Hall–Kier alpha value is -1.56. The highest BCUT2D eigenvalue weighted by molar-refractivity contribution is 5.67. The van der Waals surface area contributed by atoms with Gasteiger partial charge in [0.15, 0.2) is 0 Å². The molecule has 0 saturated carbocycles. The minimum absolute atomic E-state index is 1.05. The number of aryl methyl sites for hydroxylation is 1. The summed E-state index contributed by atoms with van der Waals surface area (Å²) in [5, 5.41) is 0. The lowest BCUT2D eigenvalue weighted by Gasteiger charge is -2.04. The highest BCUT2D eigenvalue weighted by atomic mass is 14.0. The van der Waals surface area contributed by atoms with E-state index < -0.39 is 0 Å². The van der Waals surface area contributed by atoms with Crippen molar-refractivity contribution in [1.82, 2.24) is 0 Å². The van der Waals surface area contributed by atoms with Crippen molar-refractivity contribution in [3.8, 4) is 0 Å². The maximum atomic E-state index is 3.65. The molecular weight excluding hydrogens is 180 g/mol. The van der Waals surface area contributed by atoms with Crippen LogP contribution in [0, 0.1) is 6.92 Å². The summed E-state index contributed by atoms with van der Waals surface area (Å²) in [6.45, 7) is 7.93. The Balaban J connectivity index is 2.91. The van der Waals surface area contributed by atoms with Crippen molar-refractivity contribution < 1.29 is 0 Å². The average Bonchev–Trinajstić information content (AvgIpc) is 2.26. The summed E-state index contributed by atoms with van der Waals surface area (Å²) in [6, 6.07) is 8.64. The molecule has 1 aromatic rings. The van der Waals surface area contributed by atoms with Gasteiger partial charge in [0.2, 0.25) is 0 Å². The quantitative estimate of drug-likeness (QED) is 0.623. The Morgan fingerprint density at radius 3 is 2.40 bits per heavy atom. The lowest BCUT2D eigenvalue weighted by molar-refractivity contribution is 1.24. The molecule has 0 fully saturated rings. The molecule has 0 aliphatic rings. The van der Waals surface area contributed by atoms with E-state index in [2.05, 4.69) is 50.8 Å². The van der Waals surface area contributed by atoms with Crippen molar-refractivity contribution in [2.24, 2.45) is 0 Å². The summed E-state index contributed by atoms with van der Waals surface area (Å²) in [5.74, 6) is 0. The minimum atomic E-state index is 1.05. The molecule has 0 aromatic heterocycles. The zero-order valence-electron chi connectivity index (χ0n) is 9.53. The topological polar surface area (TPSA) is 0 Å². The molecule has 0 N–H and O–H groups in total. The number of allylic oxidation sites excluding steroid dienone is 5. The normalized spacial score (nSPS) is 12.0. The van der Waals surface area contributed by atoms with Gasteiger partial charge in [-0.2, -0.15) is 0 Å². The number of benzene rings is 1. The molecule has 0 heterocycles. The van der Waals surface area contributed by atoms with E-state index in [0.29, 0.717) is 0 Å². The Morgan fingerprint density at radius 2 is 1.87 bits per heavy atom. The van der Waals surface area contributed by atoms with Crippen LogP contribution in [0.3, 0.4) is 0 Å². The third-order valence-electron chi connectivity index (χ3n) is 2.35. The molecule has 0 aliphatic heterocycles. The SMILES string of the molecule is C=C/C=C\C=C(/CC)c1ccc(C)cc1. The first-order valence-corrected chi connectivity index (χ1v) is 5.33. The van der Waals surface area contributed by atoms with E-state index in [4.69, 9.17) is 0 Å². The van der Waals surface area contributed by atoms with Crippen LogP contribution in [0.5, 0.6) is 0 Å². The molecule has 0 saturated heterocycles. The highest BCUT2D eigenvalue weighted by Crippen LogP contribution is 2.18. The first-order chi connectivity index (χ1) is 7.27. The molecule has 0 bridgehead atoms. The Bertz CT molecular complexity index is 364. The fourth-order valence-electron chi connectivity index (χ4n) is 1.44. The van der Waals surface area contributed by atoms with Crippen molar-refractivity contribution in [1.29, 1.82) is 0 Å². The maximum Gasteiger partial charge on any atom is -0.0224 e. The summed E-state index contributed by atoms with van der Waals surface area (Å²) >= 11 is 0. The second-order valence-corrected chi connectivity index (χ2v) is 3.53. The molecule has 15 heavy (non-hydrogen) atoms. The standard InChI is InChI=1S/C15H18/c1-4-6-7-8-14(5-2)15-11-9-13(3)10-12-15/h4,6-12H,1,5H2,2-3H3/b7-6-,14-8+. The number of hydrogen-bond donors (Lipinski definition) is 0. The molecule has 0 heteroatoms.